The molecule has 0 fully saturated rings. The predicted molar refractivity (Wildman–Crippen MR) is 76.8 cm³/mol. The van der Waals surface area contributed by atoms with Crippen LogP contribution < -0.4 is 0 Å². The van der Waals surface area contributed by atoms with E-state index in [-0.39, 0.29) is 18.0 Å². The van der Waals surface area contributed by atoms with E-state index < -0.39 is 0 Å². The number of ether oxygens (including phenoxy) is 1. The van der Waals surface area contributed by atoms with E-state index in [9.17, 15) is 9.18 Å². The summed E-state index contributed by atoms with van der Waals surface area (Å²) in [5, 5.41) is 0. The van der Waals surface area contributed by atoms with E-state index in [1.807, 2.05) is 0 Å². The lowest BCUT2D eigenvalue weighted by atomic mass is 9.90. The van der Waals surface area contributed by atoms with Crippen LogP contribution in [0.25, 0.3) is 5.57 Å². The van der Waals surface area contributed by atoms with Gasteiger partial charge in [-0.05, 0) is 49.5 Å². The van der Waals surface area contributed by atoms with Gasteiger partial charge >= 0.3 is 6.09 Å². The van der Waals surface area contributed by atoms with Crippen LogP contribution in [0.4, 0.5) is 9.18 Å². The van der Waals surface area contributed by atoms with Crippen LogP contribution >= 0.6 is 0 Å². The fourth-order valence-electron chi connectivity index (χ4n) is 2.47. The molecule has 0 saturated heterocycles. The lowest BCUT2D eigenvalue weighted by molar-refractivity contribution is 0.0997. The van der Waals surface area contributed by atoms with Crippen molar-refractivity contribution in [1.82, 2.24) is 4.90 Å². The molecule has 1 atom stereocenters. The fourth-order valence-corrected chi connectivity index (χ4v) is 2.47. The van der Waals surface area contributed by atoms with Gasteiger partial charge in [-0.1, -0.05) is 18.2 Å². The van der Waals surface area contributed by atoms with Gasteiger partial charge in [0.25, 0.3) is 0 Å². The lowest BCUT2D eigenvalue weighted by Gasteiger charge is -2.30. The molecule has 3 nitrogen and oxygen atoms in total. The van der Waals surface area contributed by atoms with E-state index in [4.69, 9.17) is 4.74 Å². The Bertz CT molecular complexity index is 496. The zero-order valence-corrected chi connectivity index (χ0v) is 11.9. The van der Waals surface area contributed by atoms with E-state index in [1.54, 1.807) is 31.0 Å². The Hall–Kier alpha value is -1.84. The number of benzene rings is 1. The number of amides is 1. The van der Waals surface area contributed by atoms with Gasteiger partial charge in [0.15, 0.2) is 0 Å². The third-order valence-electron chi connectivity index (χ3n) is 3.70. The average molecular weight is 277 g/mol. The molecule has 0 unspecified atom stereocenters. The first-order valence-corrected chi connectivity index (χ1v) is 6.96. The standard InChI is InChI=1S/C16H20FNO2/c1-3-20-16(19)18(2)15-10-6-13(7-11-15)12-4-8-14(17)9-5-12/h4-6,8-9,15H,3,7,10-11H2,1-2H3/t15-/m1/s1. The predicted octanol–water partition coefficient (Wildman–Crippen LogP) is 3.85. The van der Waals surface area contributed by atoms with Crippen molar-refractivity contribution < 1.29 is 13.9 Å². The summed E-state index contributed by atoms with van der Waals surface area (Å²) in [7, 11) is 1.78. The van der Waals surface area contributed by atoms with Crippen LogP contribution in [-0.4, -0.2) is 30.7 Å². The third-order valence-corrected chi connectivity index (χ3v) is 3.70. The first kappa shape index (κ1) is 14.6. The molecule has 0 N–H and O–H groups in total. The molecule has 0 aromatic heterocycles. The molecule has 0 heterocycles. The minimum Gasteiger partial charge on any atom is -0.450 e. The topological polar surface area (TPSA) is 29.5 Å². The summed E-state index contributed by atoms with van der Waals surface area (Å²) in [6.45, 7) is 2.20. The molecule has 1 amide bonds. The summed E-state index contributed by atoms with van der Waals surface area (Å²) in [4.78, 5) is 13.3. The molecular weight excluding hydrogens is 257 g/mol. The van der Waals surface area contributed by atoms with E-state index in [0.29, 0.717) is 6.61 Å². The Labute approximate surface area is 119 Å². The molecule has 20 heavy (non-hydrogen) atoms. The molecule has 0 bridgehead atoms. The maximum atomic E-state index is 12.9. The van der Waals surface area contributed by atoms with Crippen LogP contribution in [-0.2, 0) is 4.74 Å². The Morgan fingerprint density at radius 2 is 2.10 bits per heavy atom. The first-order valence-electron chi connectivity index (χ1n) is 6.96. The Morgan fingerprint density at radius 3 is 2.65 bits per heavy atom. The average Bonchev–Trinajstić information content (AvgIpc) is 2.48. The first-order chi connectivity index (χ1) is 9.61. The second-order valence-electron chi connectivity index (χ2n) is 4.97. The molecule has 1 aliphatic rings. The van der Waals surface area contributed by atoms with E-state index in [0.717, 1.165) is 24.8 Å². The number of carbonyl (C=O) groups is 1. The monoisotopic (exact) mass is 277 g/mol. The number of allylic oxidation sites excluding steroid dienone is 1. The van der Waals surface area contributed by atoms with Crippen molar-refractivity contribution in [3.8, 4) is 0 Å². The molecular formula is C16H20FNO2. The maximum absolute atomic E-state index is 12.9. The molecule has 0 aliphatic heterocycles. The van der Waals surface area contributed by atoms with Crippen LogP contribution in [0.2, 0.25) is 0 Å². The van der Waals surface area contributed by atoms with Gasteiger partial charge in [-0.25, -0.2) is 9.18 Å². The molecule has 1 aromatic carbocycles. The molecule has 0 radical (unpaired) electrons. The van der Waals surface area contributed by atoms with Crippen molar-refractivity contribution in [1.29, 1.82) is 0 Å². The van der Waals surface area contributed by atoms with Gasteiger partial charge in [0.05, 0.1) is 6.61 Å². The Kier molecular flexibility index (Phi) is 4.77. The Balaban J connectivity index is 1.99. The van der Waals surface area contributed by atoms with Gasteiger partial charge in [0, 0.05) is 13.1 Å². The van der Waals surface area contributed by atoms with Gasteiger partial charge in [0.2, 0.25) is 0 Å². The second-order valence-corrected chi connectivity index (χ2v) is 4.97. The molecule has 2 rings (SSSR count). The van der Waals surface area contributed by atoms with Crippen molar-refractivity contribution in [3.05, 3.63) is 41.7 Å². The number of hydrogen-bond acceptors (Lipinski definition) is 2. The van der Waals surface area contributed by atoms with Crippen LogP contribution in [0.5, 0.6) is 0 Å². The number of halogens is 1. The van der Waals surface area contributed by atoms with Crippen molar-refractivity contribution in [2.45, 2.75) is 32.2 Å². The molecule has 4 heteroatoms. The Morgan fingerprint density at radius 1 is 1.40 bits per heavy atom. The second kappa shape index (κ2) is 6.55. The molecule has 1 aliphatic carbocycles. The van der Waals surface area contributed by atoms with Crippen molar-refractivity contribution >= 4 is 11.7 Å². The number of hydrogen-bond donors (Lipinski definition) is 0. The largest absolute Gasteiger partial charge is 0.450 e. The number of carbonyl (C=O) groups excluding carboxylic acids is 1. The van der Waals surface area contributed by atoms with E-state index in [1.165, 1.54) is 17.7 Å². The van der Waals surface area contributed by atoms with Gasteiger partial charge in [-0.2, -0.15) is 0 Å². The van der Waals surface area contributed by atoms with Gasteiger partial charge in [0.1, 0.15) is 5.82 Å². The molecule has 0 saturated carbocycles. The van der Waals surface area contributed by atoms with Gasteiger partial charge in [-0.3, -0.25) is 0 Å². The summed E-state index contributed by atoms with van der Waals surface area (Å²) in [5.41, 5.74) is 2.28. The highest BCUT2D eigenvalue weighted by molar-refractivity contribution is 5.69. The van der Waals surface area contributed by atoms with Crippen molar-refractivity contribution in [2.75, 3.05) is 13.7 Å². The highest BCUT2D eigenvalue weighted by Crippen LogP contribution is 2.29. The van der Waals surface area contributed by atoms with Gasteiger partial charge < -0.3 is 9.64 Å². The van der Waals surface area contributed by atoms with Gasteiger partial charge in [-0.15, -0.1) is 0 Å². The minimum absolute atomic E-state index is 0.179. The minimum atomic E-state index is -0.267. The van der Waals surface area contributed by atoms with Crippen molar-refractivity contribution in [2.24, 2.45) is 0 Å². The van der Waals surface area contributed by atoms with Crippen LogP contribution in [0.3, 0.4) is 0 Å². The van der Waals surface area contributed by atoms with Crippen LogP contribution in [0.15, 0.2) is 30.3 Å². The number of rotatable bonds is 3. The van der Waals surface area contributed by atoms with Crippen LogP contribution in [0, 0.1) is 5.82 Å². The highest BCUT2D eigenvalue weighted by atomic mass is 19.1. The summed E-state index contributed by atoms with van der Waals surface area (Å²) >= 11 is 0. The fraction of sp³-hybridized carbons (Fsp3) is 0.438. The zero-order valence-electron chi connectivity index (χ0n) is 11.9. The van der Waals surface area contributed by atoms with E-state index in [2.05, 4.69) is 6.08 Å². The number of nitrogens with zero attached hydrogens (tertiary/aromatic N) is 1. The smallest absolute Gasteiger partial charge is 0.409 e. The maximum Gasteiger partial charge on any atom is 0.409 e. The molecule has 1 aromatic rings. The molecule has 0 spiro atoms. The van der Waals surface area contributed by atoms with Crippen molar-refractivity contribution in [3.63, 3.8) is 0 Å². The van der Waals surface area contributed by atoms with Crippen LogP contribution in [0.1, 0.15) is 31.7 Å². The summed E-state index contributed by atoms with van der Waals surface area (Å²) in [6.07, 6.45) is 4.47. The quantitative estimate of drug-likeness (QED) is 0.840. The summed E-state index contributed by atoms with van der Waals surface area (Å²) in [6, 6.07) is 6.74. The van der Waals surface area contributed by atoms with E-state index >= 15 is 0 Å². The zero-order chi connectivity index (χ0) is 14.5. The summed E-state index contributed by atoms with van der Waals surface area (Å²) in [5.74, 6) is -0.218. The third kappa shape index (κ3) is 3.38. The highest BCUT2D eigenvalue weighted by Gasteiger charge is 2.23. The lowest BCUT2D eigenvalue weighted by Crippen LogP contribution is -2.38. The summed E-state index contributed by atoms with van der Waals surface area (Å²) < 4.78 is 17.9. The molecule has 108 valence electrons. The normalized spacial score (nSPS) is 18.4. The SMILES string of the molecule is CCOC(=O)N(C)[C@@H]1CC=C(c2ccc(F)cc2)CC1.